The highest BCUT2D eigenvalue weighted by Crippen LogP contribution is 2.30. The molecular formula is C23H31N5O3. The second-order valence-electron chi connectivity index (χ2n) is 8.13. The number of carbonyl (C=O) groups is 1. The van der Waals surface area contributed by atoms with E-state index in [1.807, 2.05) is 17.9 Å². The third kappa shape index (κ3) is 4.04. The molecule has 0 aliphatic carbocycles. The molecule has 166 valence electrons. The summed E-state index contributed by atoms with van der Waals surface area (Å²) >= 11 is 0. The monoisotopic (exact) mass is 425 g/mol. The van der Waals surface area contributed by atoms with Gasteiger partial charge in [0, 0.05) is 62.4 Å². The van der Waals surface area contributed by atoms with Gasteiger partial charge in [-0.1, -0.05) is 6.92 Å². The summed E-state index contributed by atoms with van der Waals surface area (Å²) in [4.78, 5) is 19.7. The van der Waals surface area contributed by atoms with Crippen LogP contribution in [0.2, 0.25) is 0 Å². The molecule has 0 radical (unpaired) electrons. The third-order valence-electron chi connectivity index (χ3n) is 6.07. The first kappa shape index (κ1) is 21.4. The number of rotatable bonds is 8. The Morgan fingerprint density at radius 1 is 1.29 bits per heavy atom. The van der Waals surface area contributed by atoms with Crippen LogP contribution >= 0.6 is 0 Å². The number of carbonyl (C=O) groups excluding carboxylic acids is 1. The minimum Gasteiger partial charge on any atom is -0.451 e. The third-order valence-corrected chi connectivity index (χ3v) is 6.07. The van der Waals surface area contributed by atoms with Crippen LogP contribution in [0, 0.1) is 13.8 Å². The molecule has 8 nitrogen and oxygen atoms in total. The van der Waals surface area contributed by atoms with E-state index in [1.54, 1.807) is 13.4 Å². The summed E-state index contributed by atoms with van der Waals surface area (Å²) in [7, 11) is 1.71. The lowest BCUT2D eigenvalue weighted by atomic mass is 10.0. The molecular weight excluding hydrogens is 394 g/mol. The first-order valence-electron chi connectivity index (χ1n) is 11.0. The average molecular weight is 426 g/mol. The Morgan fingerprint density at radius 3 is 2.84 bits per heavy atom. The maximum absolute atomic E-state index is 13.5. The Labute approximate surface area is 182 Å². The zero-order chi connectivity index (χ0) is 22.0. The Hall–Kier alpha value is -2.87. The summed E-state index contributed by atoms with van der Waals surface area (Å²) in [6.45, 7) is 9.87. The number of aryl methyl sites for hydroxylation is 2. The van der Waals surface area contributed by atoms with Gasteiger partial charge in [0.2, 0.25) is 0 Å². The van der Waals surface area contributed by atoms with E-state index < -0.39 is 0 Å². The summed E-state index contributed by atoms with van der Waals surface area (Å²) in [5.41, 5.74) is 6.72. The Morgan fingerprint density at radius 2 is 2.13 bits per heavy atom. The van der Waals surface area contributed by atoms with Crippen molar-refractivity contribution in [1.82, 2.24) is 24.2 Å². The molecule has 8 heteroatoms. The summed E-state index contributed by atoms with van der Waals surface area (Å²) in [5, 5.41) is 4.81. The van der Waals surface area contributed by atoms with E-state index in [0.29, 0.717) is 19.7 Å². The van der Waals surface area contributed by atoms with Gasteiger partial charge in [0.25, 0.3) is 5.91 Å². The van der Waals surface area contributed by atoms with Crippen LogP contribution in [-0.2, 0) is 30.8 Å². The smallest absolute Gasteiger partial charge is 0.255 e. The van der Waals surface area contributed by atoms with Crippen LogP contribution < -0.4 is 0 Å². The van der Waals surface area contributed by atoms with Crippen LogP contribution in [0.3, 0.4) is 0 Å². The van der Waals surface area contributed by atoms with Crippen molar-refractivity contribution in [3.63, 3.8) is 0 Å². The zero-order valence-corrected chi connectivity index (χ0v) is 18.8. The van der Waals surface area contributed by atoms with E-state index in [-0.39, 0.29) is 5.91 Å². The molecule has 1 aliphatic heterocycles. The van der Waals surface area contributed by atoms with Crippen LogP contribution in [0.4, 0.5) is 0 Å². The van der Waals surface area contributed by atoms with Gasteiger partial charge in [0.1, 0.15) is 17.7 Å². The lowest BCUT2D eigenvalue weighted by Gasteiger charge is -2.28. The van der Waals surface area contributed by atoms with Gasteiger partial charge < -0.3 is 18.6 Å². The van der Waals surface area contributed by atoms with Crippen molar-refractivity contribution >= 4 is 5.91 Å². The molecule has 1 amide bonds. The lowest BCUT2D eigenvalue weighted by molar-refractivity contribution is 0.0732. The molecule has 0 bridgehead atoms. The lowest BCUT2D eigenvalue weighted by Crippen LogP contribution is -2.36. The fourth-order valence-electron chi connectivity index (χ4n) is 4.50. The van der Waals surface area contributed by atoms with Crippen molar-refractivity contribution in [1.29, 1.82) is 0 Å². The molecule has 31 heavy (non-hydrogen) atoms. The Bertz CT molecular complexity index is 1050. The molecule has 0 saturated carbocycles. The number of ether oxygens (including phenoxy) is 1. The molecule has 0 aromatic carbocycles. The van der Waals surface area contributed by atoms with E-state index in [4.69, 9.17) is 14.3 Å². The number of hydrogen-bond acceptors (Lipinski definition) is 5. The van der Waals surface area contributed by atoms with Crippen LogP contribution in [0.1, 0.15) is 52.8 Å². The van der Waals surface area contributed by atoms with Crippen molar-refractivity contribution in [2.75, 3.05) is 20.3 Å². The van der Waals surface area contributed by atoms with E-state index in [9.17, 15) is 4.79 Å². The predicted octanol–water partition coefficient (Wildman–Crippen LogP) is 3.60. The Kier molecular flexibility index (Phi) is 6.27. The largest absolute Gasteiger partial charge is 0.451 e. The van der Waals surface area contributed by atoms with E-state index >= 15 is 0 Å². The maximum atomic E-state index is 13.5. The van der Waals surface area contributed by atoms with Crippen LogP contribution in [0.15, 0.2) is 23.1 Å². The summed E-state index contributed by atoms with van der Waals surface area (Å²) < 4.78 is 14.7. The molecule has 0 unspecified atom stereocenters. The number of aromatic nitrogens is 4. The number of fused-ring (bicyclic) bond motifs is 1. The number of methoxy groups -OCH3 is 1. The standard InChI is InChI=1S/C23H31N5O3/c1-5-8-28-21-7-10-26(13-19(21)22(25-28)20-14-31-15-24-20)23(29)18-12-16(2)27(17(18)3)9-6-11-30-4/h12,14-15H,5-11,13H2,1-4H3. The zero-order valence-electron chi connectivity index (χ0n) is 18.8. The minimum absolute atomic E-state index is 0.0751. The fourth-order valence-corrected chi connectivity index (χ4v) is 4.50. The van der Waals surface area contributed by atoms with Gasteiger partial charge in [-0.05, 0) is 32.8 Å². The molecule has 4 rings (SSSR count). The molecule has 0 fully saturated rings. The number of oxazole rings is 1. The van der Waals surface area contributed by atoms with E-state index in [2.05, 4.69) is 28.1 Å². The van der Waals surface area contributed by atoms with Gasteiger partial charge in [0.05, 0.1) is 12.1 Å². The van der Waals surface area contributed by atoms with Crippen LogP contribution in [0.25, 0.3) is 11.4 Å². The molecule has 4 heterocycles. The first-order valence-corrected chi connectivity index (χ1v) is 11.0. The van der Waals surface area contributed by atoms with E-state index in [0.717, 1.165) is 66.3 Å². The van der Waals surface area contributed by atoms with Crippen molar-refractivity contribution in [2.24, 2.45) is 0 Å². The van der Waals surface area contributed by atoms with Gasteiger partial charge in [-0.25, -0.2) is 4.98 Å². The molecule has 0 N–H and O–H groups in total. The highest BCUT2D eigenvalue weighted by molar-refractivity contribution is 5.96. The second kappa shape index (κ2) is 9.09. The average Bonchev–Trinajstić information content (AvgIpc) is 3.48. The highest BCUT2D eigenvalue weighted by atomic mass is 16.5. The topological polar surface area (TPSA) is 78.3 Å². The van der Waals surface area contributed by atoms with Gasteiger partial charge in [-0.3, -0.25) is 9.48 Å². The first-order chi connectivity index (χ1) is 15.0. The minimum atomic E-state index is 0.0751. The summed E-state index contributed by atoms with van der Waals surface area (Å²) in [6, 6.07) is 2.01. The van der Waals surface area contributed by atoms with Crippen LogP contribution in [-0.4, -0.2) is 50.4 Å². The molecule has 3 aromatic heterocycles. The van der Waals surface area contributed by atoms with Crippen molar-refractivity contribution in [3.8, 4) is 11.4 Å². The SMILES string of the molecule is CCCn1nc(-c2cocn2)c2c1CCN(C(=O)c1cc(C)n(CCCOC)c1C)C2. The van der Waals surface area contributed by atoms with Gasteiger partial charge >= 0.3 is 0 Å². The van der Waals surface area contributed by atoms with E-state index in [1.165, 1.54) is 12.1 Å². The molecule has 0 spiro atoms. The number of hydrogen-bond donors (Lipinski definition) is 0. The fraction of sp³-hybridized carbons (Fsp3) is 0.522. The predicted molar refractivity (Wildman–Crippen MR) is 117 cm³/mol. The Balaban J connectivity index is 1.60. The van der Waals surface area contributed by atoms with Crippen molar-refractivity contribution in [2.45, 2.75) is 59.7 Å². The molecule has 0 atom stereocenters. The molecule has 3 aromatic rings. The van der Waals surface area contributed by atoms with Gasteiger partial charge in [-0.15, -0.1) is 0 Å². The summed E-state index contributed by atoms with van der Waals surface area (Å²) in [6.07, 6.45) is 5.76. The van der Waals surface area contributed by atoms with Gasteiger partial charge in [0.15, 0.2) is 6.39 Å². The quantitative estimate of drug-likeness (QED) is 0.515. The molecule has 0 saturated heterocycles. The van der Waals surface area contributed by atoms with Crippen molar-refractivity contribution < 1.29 is 13.9 Å². The number of nitrogens with zero attached hydrogens (tertiary/aromatic N) is 5. The van der Waals surface area contributed by atoms with Crippen LogP contribution in [0.5, 0.6) is 0 Å². The van der Waals surface area contributed by atoms with Gasteiger partial charge in [-0.2, -0.15) is 5.10 Å². The maximum Gasteiger partial charge on any atom is 0.255 e. The number of amides is 1. The van der Waals surface area contributed by atoms with Crippen molar-refractivity contribution in [3.05, 3.63) is 46.9 Å². The normalized spacial score (nSPS) is 13.6. The summed E-state index contributed by atoms with van der Waals surface area (Å²) in [5.74, 6) is 0.0751. The molecule has 1 aliphatic rings. The second-order valence-corrected chi connectivity index (χ2v) is 8.13. The highest BCUT2D eigenvalue weighted by Gasteiger charge is 2.30.